The zero-order chi connectivity index (χ0) is 15.2. The molecule has 114 valence electrons. The number of nitrogens with zero attached hydrogens (tertiary/aromatic N) is 2. The highest BCUT2D eigenvalue weighted by Crippen LogP contribution is 2.25. The Morgan fingerprint density at radius 2 is 1.59 bits per heavy atom. The third-order valence-corrected chi connectivity index (χ3v) is 4.02. The van der Waals surface area contributed by atoms with Crippen LogP contribution in [-0.2, 0) is 4.74 Å². The number of amidine groups is 1. The highest BCUT2D eigenvalue weighted by atomic mass is 16.5. The molecule has 0 radical (unpaired) electrons. The van der Waals surface area contributed by atoms with Crippen LogP contribution in [0.15, 0.2) is 65.7 Å². The molecule has 0 atom stereocenters. The monoisotopic (exact) mass is 294 g/mol. The molecule has 0 bridgehead atoms. The first-order chi connectivity index (χ1) is 10.8. The lowest BCUT2D eigenvalue weighted by molar-refractivity contribution is 0.0720. The maximum Gasteiger partial charge on any atom is 0.108 e. The Morgan fingerprint density at radius 1 is 1.00 bits per heavy atom. The first kappa shape index (κ1) is 14.8. The highest BCUT2D eigenvalue weighted by Gasteiger charge is 2.16. The van der Waals surface area contributed by atoms with Crippen molar-refractivity contribution in [1.82, 2.24) is 4.90 Å². The molecule has 0 amide bonds. The molecular formula is C19H22N2O. The van der Waals surface area contributed by atoms with Gasteiger partial charge in [-0.25, -0.2) is 0 Å². The van der Waals surface area contributed by atoms with Crippen LogP contribution in [-0.4, -0.2) is 37.0 Å². The molecule has 0 N–H and O–H groups in total. The highest BCUT2D eigenvalue weighted by molar-refractivity contribution is 5.81. The van der Waals surface area contributed by atoms with Crippen molar-refractivity contribution >= 4 is 5.84 Å². The minimum absolute atomic E-state index is 0.0118. The van der Waals surface area contributed by atoms with Gasteiger partial charge in [-0.3, -0.25) is 4.99 Å². The molecule has 3 heteroatoms. The topological polar surface area (TPSA) is 24.8 Å². The molecule has 1 heterocycles. The van der Waals surface area contributed by atoms with E-state index in [9.17, 15) is 0 Å². The molecule has 22 heavy (non-hydrogen) atoms. The van der Waals surface area contributed by atoms with Gasteiger partial charge in [-0.05, 0) is 18.1 Å². The van der Waals surface area contributed by atoms with Gasteiger partial charge in [0.05, 0.1) is 19.0 Å². The van der Waals surface area contributed by atoms with Crippen LogP contribution in [0.3, 0.4) is 0 Å². The van der Waals surface area contributed by atoms with E-state index in [0.29, 0.717) is 6.61 Å². The maximum absolute atomic E-state index is 6.23. The van der Waals surface area contributed by atoms with E-state index >= 15 is 0 Å². The summed E-state index contributed by atoms with van der Waals surface area (Å²) < 4.78 is 6.23. The number of hydrogen-bond donors (Lipinski definition) is 0. The average Bonchev–Trinajstić information content (AvgIpc) is 2.98. The molecule has 1 aliphatic rings. The largest absolute Gasteiger partial charge is 0.367 e. The molecule has 2 aromatic rings. The first-order valence-electron chi connectivity index (χ1n) is 7.82. The smallest absolute Gasteiger partial charge is 0.108 e. The van der Waals surface area contributed by atoms with Gasteiger partial charge in [0.1, 0.15) is 6.10 Å². The quantitative estimate of drug-likeness (QED) is 0.814. The van der Waals surface area contributed by atoms with Gasteiger partial charge in [-0.15, -0.1) is 0 Å². The lowest BCUT2D eigenvalue weighted by Crippen LogP contribution is -2.30. The summed E-state index contributed by atoms with van der Waals surface area (Å²) in [6, 6.07) is 20.8. The minimum Gasteiger partial charge on any atom is -0.367 e. The summed E-state index contributed by atoms with van der Waals surface area (Å²) in [4.78, 5) is 6.70. The van der Waals surface area contributed by atoms with Crippen LogP contribution in [0.1, 0.15) is 24.2 Å². The SMILES string of the molecule is CC1=NCCN1CCOC(c1ccccc1)c1ccccc1. The van der Waals surface area contributed by atoms with E-state index in [1.807, 2.05) is 12.1 Å². The van der Waals surface area contributed by atoms with Gasteiger partial charge in [0.25, 0.3) is 0 Å². The molecule has 0 unspecified atom stereocenters. The summed E-state index contributed by atoms with van der Waals surface area (Å²) in [7, 11) is 0. The second kappa shape index (κ2) is 7.23. The van der Waals surface area contributed by atoms with Gasteiger partial charge in [-0.1, -0.05) is 60.7 Å². The fraction of sp³-hybridized carbons (Fsp3) is 0.316. The standard InChI is InChI=1S/C19H22N2O/c1-16-20-12-13-21(16)14-15-22-19(17-8-4-2-5-9-17)18-10-6-3-7-11-18/h2-11,19H,12-15H2,1H3. The Bertz CT molecular complexity index is 570. The summed E-state index contributed by atoms with van der Waals surface area (Å²) in [6.07, 6.45) is -0.0118. The molecule has 2 aromatic carbocycles. The van der Waals surface area contributed by atoms with Gasteiger partial charge in [0.15, 0.2) is 0 Å². The zero-order valence-electron chi connectivity index (χ0n) is 13.0. The molecule has 0 aliphatic carbocycles. The van der Waals surface area contributed by atoms with Crippen molar-refractivity contribution < 1.29 is 4.74 Å². The van der Waals surface area contributed by atoms with Crippen molar-refractivity contribution in [3.8, 4) is 0 Å². The molecule has 0 saturated heterocycles. The minimum atomic E-state index is -0.0118. The summed E-state index contributed by atoms with van der Waals surface area (Å²) in [6.45, 7) is 5.58. The van der Waals surface area contributed by atoms with Crippen molar-refractivity contribution in [1.29, 1.82) is 0 Å². The predicted molar refractivity (Wildman–Crippen MR) is 90.2 cm³/mol. The summed E-state index contributed by atoms with van der Waals surface area (Å²) in [5, 5.41) is 0. The number of aliphatic imine (C=N–C) groups is 1. The average molecular weight is 294 g/mol. The normalized spacial score (nSPS) is 14.5. The molecule has 0 fully saturated rings. The molecule has 1 aliphatic heterocycles. The Labute approximate surface area is 132 Å². The second-order valence-corrected chi connectivity index (χ2v) is 5.49. The van der Waals surface area contributed by atoms with Crippen LogP contribution in [0.25, 0.3) is 0 Å². The Balaban J connectivity index is 1.68. The molecule has 0 spiro atoms. The molecular weight excluding hydrogens is 272 g/mol. The van der Waals surface area contributed by atoms with Crippen LogP contribution >= 0.6 is 0 Å². The summed E-state index contributed by atoms with van der Waals surface area (Å²) >= 11 is 0. The zero-order valence-corrected chi connectivity index (χ0v) is 13.0. The van der Waals surface area contributed by atoms with Crippen molar-refractivity contribution in [2.24, 2.45) is 4.99 Å². The number of ether oxygens (including phenoxy) is 1. The van der Waals surface area contributed by atoms with Crippen molar-refractivity contribution in [2.75, 3.05) is 26.2 Å². The van der Waals surface area contributed by atoms with Crippen LogP contribution in [0, 0.1) is 0 Å². The second-order valence-electron chi connectivity index (χ2n) is 5.49. The van der Waals surface area contributed by atoms with Crippen molar-refractivity contribution in [2.45, 2.75) is 13.0 Å². The fourth-order valence-electron chi connectivity index (χ4n) is 2.79. The van der Waals surface area contributed by atoms with E-state index in [4.69, 9.17) is 4.74 Å². The Kier molecular flexibility index (Phi) is 4.86. The first-order valence-corrected chi connectivity index (χ1v) is 7.82. The predicted octanol–water partition coefficient (Wildman–Crippen LogP) is 3.53. The Morgan fingerprint density at radius 3 is 2.09 bits per heavy atom. The summed E-state index contributed by atoms with van der Waals surface area (Å²) in [5.74, 6) is 1.12. The van der Waals surface area contributed by atoms with Gasteiger partial charge >= 0.3 is 0 Å². The van der Waals surface area contributed by atoms with Crippen LogP contribution in [0.2, 0.25) is 0 Å². The van der Waals surface area contributed by atoms with Crippen LogP contribution in [0.5, 0.6) is 0 Å². The van der Waals surface area contributed by atoms with Crippen molar-refractivity contribution in [3.63, 3.8) is 0 Å². The third kappa shape index (κ3) is 3.55. The number of rotatable bonds is 6. The van der Waals surface area contributed by atoms with E-state index < -0.39 is 0 Å². The van der Waals surface area contributed by atoms with Crippen LogP contribution < -0.4 is 0 Å². The molecule has 3 rings (SSSR count). The van der Waals surface area contributed by atoms with E-state index in [2.05, 4.69) is 65.3 Å². The third-order valence-electron chi connectivity index (χ3n) is 4.02. The van der Waals surface area contributed by atoms with Crippen molar-refractivity contribution in [3.05, 3.63) is 71.8 Å². The van der Waals surface area contributed by atoms with E-state index in [-0.39, 0.29) is 6.10 Å². The molecule has 0 saturated carbocycles. The van der Waals surface area contributed by atoms with Gasteiger partial charge in [0, 0.05) is 13.1 Å². The molecule has 3 nitrogen and oxygen atoms in total. The van der Waals surface area contributed by atoms with Gasteiger partial charge < -0.3 is 9.64 Å². The lowest BCUT2D eigenvalue weighted by Gasteiger charge is -2.22. The number of hydrogen-bond acceptors (Lipinski definition) is 3. The van der Waals surface area contributed by atoms with Gasteiger partial charge in [-0.2, -0.15) is 0 Å². The number of benzene rings is 2. The van der Waals surface area contributed by atoms with Gasteiger partial charge in [0.2, 0.25) is 0 Å². The van der Waals surface area contributed by atoms with Crippen LogP contribution in [0.4, 0.5) is 0 Å². The van der Waals surface area contributed by atoms with E-state index in [0.717, 1.165) is 25.5 Å². The molecule has 0 aromatic heterocycles. The summed E-state index contributed by atoms with van der Waals surface area (Å²) in [5.41, 5.74) is 2.39. The van der Waals surface area contributed by atoms with E-state index in [1.54, 1.807) is 0 Å². The lowest BCUT2D eigenvalue weighted by atomic mass is 10.0. The fourth-order valence-corrected chi connectivity index (χ4v) is 2.79. The van der Waals surface area contributed by atoms with E-state index in [1.165, 1.54) is 11.1 Å². The Hall–Kier alpha value is -2.13. The maximum atomic E-state index is 6.23.